The number of piperidine rings is 1. The fraction of sp³-hybridized carbons (Fsp3) is 0.500. The van der Waals surface area contributed by atoms with Gasteiger partial charge in [0.05, 0.1) is 0 Å². The van der Waals surface area contributed by atoms with Crippen LogP contribution in [0.5, 0.6) is 0 Å². The minimum Gasteiger partial charge on any atom is -0.341 e. The lowest BCUT2D eigenvalue weighted by molar-refractivity contribution is -0.132. The van der Waals surface area contributed by atoms with Gasteiger partial charge in [0.15, 0.2) is 0 Å². The maximum Gasteiger partial charge on any atom is 0.222 e. The van der Waals surface area contributed by atoms with Crippen LogP contribution in [0.25, 0.3) is 0 Å². The Morgan fingerprint density at radius 3 is 2.78 bits per heavy atom. The van der Waals surface area contributed by atoms with Crippen molar-refractivity contribution < 1.29 is 4.79 Å². The van der Waals surface area contributed by atoms with Crippen molar-refractivity contribution in [2.75, 3.05) is 13.1 Å². The zero-order valence-corrected chi connectivity index (χ0v) is 11.2. The largest absolute Gasteiger partial charge is 0.341 e. The number of carbonyl (C=O) groups excluding carboxylic acids is 1. The van der Waals surface area contributed by atoms with Gasteiger partial charge in [0, 0.05) is 30.6 Å². The van der Waals surface area contributed by atoms with Gasteiger partial charge in [0.2, 0.25) is 5.91 Å². The van der Waals surface area contributed by atoms with Crippen LogP contribution in [0.1, 0.15) is 24.8 Å². The quantitative estimate of drug-likeness (QED) is 0.912. The van der Waals surface area contributed by atoms with Gasteiger partial charge in [-0.2, -0.15) is 0 Å². The Morgan fingerprint density at radius 1 is 1.39 bits per heavy atom. The van der Waals surface area contributed by atoms with Crippen molar-refractivity contribution in [2.24, 2.45) is 5.73 Å². The van der Waals surface area contributed by atoms with E-state index in [0.29, 0.717) is 13.0 Å². The van der Waals surface area contributed by atoms with Crippen LogP contribution in [-0.4, -0.2) is 29.9 Å². The van der Waals surface area contributed by atoms with Gasteiger partial charge in [-0.1, -0.05) is 23.7 Å². The van der Waals surface area contributed by atoms with Crippen molar-refractivity contribution in [3.8, 4) is 0 Å². The average Bonchev–Trinajstić information content (AvgIpc) is 2.38. The van der Waals surface area contributed by atoms with Crippen LogP contribution < -0.4 is 5.73 Å². The zero-order valence-electron chi connectivity index (χ0n) is 10.4. The van der Waals surface area contributed by atoms with Gasteiger partial charge in [0.25, 0.3) is 0 Å². The molecule has 1 aliphatic rings. The number of hydrogen-bond acceptors (Lipinski definition) is 2. The summed E-state index contributed by atoms with van der Waals surface area (Å²) < 4.78 is 0. The van der Waals surface area contributed by atoms with Crippen LogP contribution in [0.3, 0.4) is 0 Å². The lowest BCUT2D eigenvalue weighted by atomic mass is 10.0. The Bertz CT molecular complexity index is 405. The molecule has 1 aromatic carbocycles. The van der Waals surface area contributed by atoms with Gasteiger partial charge in [-0.25, -0.2) is 0 Å². The number of likely N-dealkylation sites (tertiary alicyclic amines) is 1. The summed E-state index contributed by atoms with van der Waals surface area (Å²) in [6.07, 6.45) is 3.37. The molecule has 18 heavy (non-hydrogen) atoms. The summed E-state index contributed by atoms with van der Waals surface area (Å²) >= 11 is 5.82. The highest BCUT2D eigenvalue weighted by Crippen LogP contribution is 2.13. The second-order valence-corrected chi connectivity index (χ2v) is 5.30. The van der Waals surface area contributed by atoms with Crippen LogP contribution in [0.4, 0.5) is 0 Å². The number of benzene rings is 1. The van der Waals surface area contributed by atoms with Crippen molar-refractivity contribution in [1.82, 2.24) is 4.90 Å². The number of nitrogens with zero attached hydrogens (tertiary/aromatic N) is 1. The van der Waals surface area contributed by atoms with E-state index in [0.717, 1.165) is 36.4 Å². The Balaban J connectivity index is 1.82. The molecule has 0 radical (unpaired) electrons. The second-order valence-electron chi connectivity index (χ2n) is 4.87. The van der Waals surface area contributed by atoms with Crippen molar-refractivity contribution in [1.29, 1.82) is 0 Å². The van der Waals surface area contributed by atoms with E-state index < -0.39 is 0 Å². The molecule has 2 N–H and O–H groups in total. The summed E-state index contributed by atoms with van der Waals surface area (Å²) in [6, 6.07) is 7.81. The first-order valence-corrected chi connectivity index (χ1v) is 6.81. The SMILES string of the molecule is NC1CCCN(C(=O)CCc2ccc(Cl)cc2)C1. The third kappa shape index (κ3) is 3.72. The van der Waals surface area contributed by atoms with E-state index in [-0.39, 0.29) is 11.9 Å². The Hall–Kier alpha value is -1.06. The summed E-state index contributed by atoms with van der Waals surface area (Å²) in [4.78, 5) is 13.9. The number of nitrogens with two attached hydrogens (primary N) is 1. The van der Waals surface area contributed by atoms with Gasteiger partial charge in [-0.3, -0.25) is 4.79 Å². The van der Waals surface area contributed by atoms with Crippen LogP contribution >= 0.6 is 11.6 Å². The first kappa shape index (κ1) is 13.4. The fourth-order valence-corrected chi connectivity index (χ4v) is 2.42. The molecule has 1 unspecified atom stereocenters. The summed E-state index contributed by atoms with van der Waals surface area (Å²) in [5.74, 6) is 0.208. The molecule has 0 spiro atoms. The van der Waals surface area contributed by atoms with Crippen molar-refractivity contribution in [2.45, 2.75) is 31.7 Å². The summed E-state index contributed by atoms with van der Waals surface area (Å²) in [5.41, 5.74) is 7.03. The monoisotopic (exact) mass is 266 g/mol. The second kappa shape index (κ2) is 6.21. The highest BCUT2D eigenvalue weighted by atomic mass is 35.5. The van der Waals surface area contributed by atoms with Gasteiger partial charge in [-0.05, 0) is 37.0 Å². The number of carbonyl (C=O) groups is 1. The van der Waals surface area contributed by atoms with Gasteiger partial charge < -0.3 is 10.6 Å². The molecule has 2 rings (SSSR count). The molecule has 4 heteroatoms. The molecule has 0 bridgehead atoms. The number of hydrogen-bond donors (Lipinski definition) is 1. The minimum absolute atomic E-state index is 0.151. The van der Waals surface area contributed by atoms with Crippen LogP contribution in [0.15, 0.2) is 24.3 Å². The summed E-state index contributed by atoms with van der Waals surface area (Å²) in [6.45, 7) is 1.56. The third-order valence-electron chi connectivity index (χ3n) is 3.35. The molecule has 0 aliphatic carbocycles. The van der Waals surface area contributed by atoms with E-state index in [2.05, 4.69) is 0 Å². The molecule has 1 atom stereocenters. The fourth-order valence-electron chi connectivity index (χ4n) is 2.30. The van der Waals surface area contributed by atoms with Crippen molar-refractivity contribution in [3.05, 3.63) is 34.9 Å². The topological polar surface area (TPSA) is 46.3 Å². The number of aryl methyl sites for hydroxylation is 1. The molecule has 98 valence electrons. The summed E-state index contributed by atoms with van der Waals surface area (Å²) in [7, 11) is 0. The van der Waals surface area contributed by atoms with E-state index in [1.165, 1.54) is 0 Å². The van der Waals surface area contributed by atoms with E-state index >= 15 is 0 Å². The van der Waals surface area contributed by atoms with Crippen molar-refractivity contribution >= 4 is 17.5 Å². The molecule has 1 heterocycles. The number of amides is 1. The average molecular weight is 267 g/mol. The first-order valence-electron chi connectivity index (χ1n) is 6.43. The Labute approximate surface area is 113 Å². The standard InChI is InChI=1S/C14H19ClN2O/c15-12-6-3-11(4-7-12)5-8-14(18)17-9-1-2-13(16)10-17/h3-4,6-7,13H,1-2,5,8-10,16H2. The zero-order chi connectivity index (χ0) is 13.0. The van der Waals surface area contributed by atoms with Gasteiger partial charge in [0.1, 0.15) is 0 Å². The molecular formula is C14H19ClN2O. The molecule has 1 saturated heterocycles. The van der Waals surface area contributed by atoms with E-state index in [1.807, 2.05) is 29.2 Å². The third-order valence-corrected chi connectivity index (χ3v) is 3.60. The molecule has 1 aromatic rings. The molecule has 0 aromatic heterocycles. The normalized spacial score (nSPS) is 19.9. The maximum atomic E-state index is 12.0. The highest BCUT2D eigenvalue weighted by Gasteiger charge is 2.20. The van der Waals surface area contributed by atoms with Gasteiger partial charge in [-0.15, -0.1) is 0 Å². The predicted octanol–water partition coefficient (Wildman–Crippen LogP) is 2.22. The smallest absolute Gasteiger partial charge is 0.222 e. The van der Waals surface area contributed by atoms with Crippen LogP contribution in [0, 0.1) is 0 Å². The molecule has 1 amide bonds. The molecule has 3 nitrogen and oxygen atoms in total. The van der Waals surface area contributed by atoms with Gasteiger partial charge >= 0.3 is 0 Å². The van der Waals surface area contributed by atoms with E-state index in [9.17, 15) is 4.79 Å². The Kier molecular flexibility index (Phi) is 4.61. The highest BCUT2D eigenvalue weighted by molar-refractivity contribution is 6.30. The minimum atomic E-state index is 0.151. The van der Waals surface area contributed by atoms with Crippen LogP contribution in [-0.2, 0) is 11.2 Å². The van der Waals surface area contributed by atoms with E-state index in [4.69, 9.17) is 17.3 Å². The van der Waals surface area contributed by atoms with Crippen LogP contribution in [0.2, 0.25) is 5.02 Å². The number of rotatable bonds is 3. The molecule has 1 fully saturated rings. The Morgan fingerprint density at radius 2 is 2.11 bits per heavy atom. The number of halogens is 1. The molecule has 1 aliphatic heterocycles. The van der Waals surface area contributed by atoms with Crippen molar-refractivity contribution in [3.63, 3.8) is 0 Å². The first-order chi connectivity index (χ1) is 8.65. The molecule has 0 saturated carbocycles. The lowest BCUT2D eigenvalue weighted by Gasteiger charge is -2.30. The lowest BCUT2D eigenvalue weighted by Crippen LogP contribution is -2.45. The van der Waals surface area contributed by atoms with E-state index in [1.54, 1.807) is 0 Å². The summed E-state index contributed by atoms with van der Waals surface area (Å²) in [5, 5.41) is 0.729. The maximum absolute atomic E-state index is 12.0. The molecular weight excluding hydrogens is 248 g/mol. The predicted molar refractivity (Wildman–Crippen MR) is 73.6 cm³/mol.